The van der Waals surface area contributed by atoms with E-state index in [1.807, 2.05) is 18.2 Å². The summed E-state index contributed by atoms with van der Waals surface area (Å²) >= 11 is 0. The summed E-state index contributed by atoms with van der Waals surface area (Å²) in [7, 11) is 0. The van der Waals surface area contributed by atoms with Crippen molar-refractivity contribution in [3.63, 3.8) is 0 Å². The van der Waals surface area contributed by atoms with Gasteiger partial charge in [0.1, 0.15) is 0 Å². The SMILES string of the molecule is CC1C=CC(c2nc(-c3ccccc3)nc(-n3c4ccccc4c4cc(-c5cccc(C6=CC(C)Cc7c6c6ccccc6n7-c6ccccc6)c5)ccc43)n2)=CC1. The van der Waals surface area contributed by atoms with Crippen LogP contribution in [0.15, 0.2) is 176 Å². The number of hydrogen-bond acceptors (Lipinski definition) is 3. The van der Waals surface area contributed by atoms with E-state index in [1.165, 1.54) is 50.1 Å². The molecular weight excluding hydrogens is 707 g/mol. The summed E-state index contributed by atoms with van der Waals surface area (Å²) in [6.45, 7) is 4.57. The van der Waals surface area contributed by atoms with Gasteiger partial charge in [0.25, 0.3) is 0 Å². The van der Waals surface area contributed by atoms with Gasteiger partial charge in [-0.05, 0) is 89.4 Å². The lowest BCUT2D eigenvalue weighted by atomic mass is 9.84. The highest BCUT2D eigenvalue weighted by Crippen LogP contribution is 2.43. The number of fused-ring (bicyclic) bond motifs is 6. The van der Waals surface area contributed by atoms with Gasteiger partial charge in [-0.3, -0.25) is 4.57 Å². The lowest BCUT2D eigenvalue weighted by molar-refractivity contribution is 0.687. The van der Waals surface area contributed by atoms with Gasteiger partial charge in [0.15, 0.2) is 11.6 Å². The Bertz CT molecular complexity index is 3140. The summed E-state index contributed by atoms with van der Waals surface area (Å²) in [6.07, 6.45) is 11.1. The van der Waals surface area contributed by atoms with Gasteiger partial charge < -0.3 is 4.57 Å². The second-order valence-electron chi connectivity index (χ2n) is 15.8. The summed E-state index contributed by atoms with van der Waals surface area (Å²) in [6, 6.07) is 54.4. The average molecular weight is 748 g/mol. The van der Waals surface area contributed by atoms with Crippen molar-refractivity contribution >= 4 is 43.9 Å². The Morgan fingerprint density at radius 2 is 1.17 bits per heavy atom. The lowest BCUT2D eigenvalue weighted by Gasteiger charge is -2.22. The first-order chi connectivity index (χ1) is 28.6. The first-order valence-corrected chi connectivity index (χ1v) is 20.3. The molecule has 3 heterocycles. The van der Waals surface area contributed by atoms with Gasteiger partial charge in [0.05, 0.1) is 16.6 Å². The quantitative estimate of drug-likeness (QED) is 0.170. The van der Waals surface area contributed by atoms with E-state index >= 15 is 0 Å². The molecular formula is C53H41N5. The standard InChI is InChI=1S/C53H41N5/c1-34-24-26-37(27-25-34)52-54-51(36-14-5-3-6-15-36)55-53(56-52)58-46-22-11-9-20-42(46)45-33-39(28-29-48(45)58)38-16-13-17-40(32-38)44-30-35(2)31-49-50(44)43-21-10-12-23-47(43)57(49)41-18-7-4-8-19-41/h3-24,26-30,32-35H,25,31H2,1-2H3. The zero-order valence-corrected chi connectivity index (χ0v) is 32.5. The fourth-order valence-corrected chi connectivity index (χ4v) is 9.07. The molecule has 0 fully saturated rings. The molecule has 2 unspecified atom stereocenters. The highest BCUT2D eigenvalue weighted by atomic mass is 15.2. The van der Waals surface area contributed by atoms with Gasteiger partial charge in [0.2, 0.25) is 5.95 Å². The van der Waals surface area contributed by atoms with Gasteiger partial charge in [0, 0.05) is 44.2 Å². The Hall–Kier alpha value is -7.11. The van der Waals surface area contributed by atoms with E-state index in [0.29, 0.717) is 29.4 Å². The molecule has 2 aliphatic carbocycles. The molecule has 0 aliphatic heterocycles. The molecule has 11 rings (SSSR count). The Morgan fingerprint density at radius 1 is 0.517 bits per heavy atom. The maximum absolute atomic E-state index is 5.17. The third-order valence-corrected chi connectivity index (χ3v) is 11.8. The van der Waals surface area contributed by atoms with Crippen molar-refractivity contribution in [3.8, 4) is 34.2 Å². The number of aromatic nitrogens is 5. The van der Waals surface area contributed by atoms with Crippen LogP contribution in [0.5, 0.6) is 0 Å². The van der Waals surface area contributed by atoms with Crippen molar-refractivity contribution in [3.05, 3.63) is 199 Å². The van der Waals surface area contributed by atoms with Crippen LogP contribution in [0.2, 0.25) is 0 Å². The second-order valence-corrected chi connectivity index (χ2v) is 15.8. The molecule has 2 aliphatic rings. The number of allylic oxidation sites excluding steroid dienone is 5. The van der Waals surface area contributed by atoms with Crippen molar-refractivity contribution in [2.24, 2.45) is 11.8 Å². The van der Waals surface area contributed by atoms with Crippen LogP contribution in [0.1, 0.15) is 42.9 Å². The van der Waals surface area contributed by atoms with Gasteiger partial charge in [-0.2, -0.15) is 9.97 Å². The van der Waals surface area contributed by atoms with Gasteiger partial charge in [-0.25, -0.2) is 4.98 Å². The van der Waals surface area contributed by atoms with E-state index in [0.717, 1.165) is 45.8 Å². The average Bonchev–Trinajstić information content (AvgIpc) is 3.79. The zero-order valence-electron chi connectivity index (χ0n) is 32.5. The highest BCUT2D eigenvalue weighted by molar-refractivity contribution is 6.10. The van der Waals surface area contributed by atoms with Crippen molar-refractivity contribution in [2.45, 2.75) is 26.7 Å². The minimum atomic E-state index is 0.396. The van der Waals surface area contributed by atoms with Crippen molar-refractivity contribution < 1.29 is 0 Å². The molecule has 0 saturated carbocycles. The Balaban J connectivity index is 1.05. The first kappa shape index (κ1) is 34.2. The van der Waals surface area contributed by atoms with E-state index in [2.05, 4.69) is 181 Å². The summed E-state index contributed by atoms with van der Waals surface area (Å²) in [5.74, 6) is 2.85. The highest BCUT2D eigenvalue weighted by Gasteiger charge is 2.27. The minimum absolute atomic E-state index is 0.396. The molecule has 278 valence electrons. The minimum Gasteiger partial charge on any atom is -0.313 e. The molecule has 3 aromatic heterocycles. The Labute approximate surface area is 338 Å². The van der Waals surface area contributed by atoms with Crippen molar-refractivity contribution in [1.82, 2.24) is 24.1 Å². The third kappa shape index (κ3) is 5.73. The van der Waals surface area contributed by atoms with E-state index in [9.17, 15) is 0 Å². The lowest BCUT2D eigenvalue weighted by Crippen LogP contribution is -2.11. The predicted molar refractivity (Wildman–Crippen MR) is 239 cm³/mol. The number of hydrogen-bond donors (Lipinski definition) is 0. The van der Waals surface area contributed by atoms with E-state index in [-0.39, 0.29) is 0 Å². The maximum atomic E-state index is 5.17. The largest absolute Gasteiger partial charge is 0.313 e. The van der Waals surface area contributed by atoms with Crippen molar-refractivity contribution in [2.75, 3.05) is 0 Å². The maximum Gasteiger partial charge on any atom is 0.238 e. The molecule has 0 N–H and O–H groups in total. The first-order valence-electron chi connectivity index (χ1n) is 20.3. The van der Waals surface area contributed by atoms with E-state index in [1.54, 1.807) is 0 Å². The van der Waals surface area contributed by atoms with Gasteiger partial charge >= 0.3 is 0 Å². The van der Waals surface area contributed by atoms with Crippen LogP contribution in [-0.2, 0) is 6.42 Å². The molecule has 0 spiro atoms. The molecule has 0 radical (unpaired) electrons. The van der Waals surface area contributed by atoms with E-state index < -0.39 is 0 Å². The number of para-hydroxylation sites is 3. The summed E-state index contributed by atoms with van der Waals surface area (Å²) in [4.78, 5) is 15.3. The molecule has 5 heteroatoms. The zero-order chi connectivity index (χ0) is 38.7. The Kier molecular flexibility index (Phi) is 8.14. The second kappa shape index (κ2) is 13.8. The molecule has 2 atom stereocenters. The number of rotatable bonds is 6. The topological polar surface area (TPSA) is 48.5 Å². The molecule has 5 nitrogen and oxygen atoms in total. The monoisotopic (exact) mass is 747 g/mol. The van der Waals surface area contributed by atoms with Crippen LogP contribution >= 0.6 is 0 Å². The fourth-order valence-electron chi connectivity index (χ4n) is 9.07. The summed E-state index contributed by atoms with van der Waals surface area (Å²) in [5.41, 5.74) is 14.2. The molecule has 6 aromatic carbocycles. The van der Waals surface area contributed by atoms with Crippen LogP contribution in [0.3, 0.4) is 0 Å². The molecule has 9 aromatic rings. The van der Waals surface area contributed by atoms with Crippen LogP contribution < -0.4 is 0 Å². The number of nitrogens with zero attached hydrogens (tertiary/aromatic N) is 5. The third-order valence-electron chi connectivity index (χ3n) is 11.8. The molecule has 0 saturated heterocycles. The van der Waals surface area contributed by atoms with Crippen LogP contribution in [0.25, 0.3) is 78.0 Å². The van der Waals surface area contributed by atoms with Crippen LogP contribution in [0, 0.1) is 11.8 Å². The molecule has 0 bridgehead atoms. The van der Waals surface area contributed by atoms with Gasteiger partial charge in [-0.15, -0.1) is 0 Å². The van der Waals surface area contributed by atoms with Crippen molar-refractivity contribution in [1.29, 1.82) is 0 Å². The predicted octanol–water partition coefficient (Wildman–Crippen LogP) is 12.8. The summed E-state index contributed by atoms with van der Waals surface area (Å²) < 4.78 is 4.68. The van der Waals surface area contributed by atoms with Crippen LogP contribution in [0.4, 0.5) is 0 Å². The molecule has 0 amide bonds. The Morgan fingerprint density at radius 3 is 1.97 bits per heavy atom. The van der Waals surface area contributed by atoms with Crippen LogP contribution in [-0.4, -0.2) is 24.1 Å². The van der Waals surface area contributed by atoms with Gasteiger partial charge in [-0.1, -0.05) is 147 Å². The number of benzene rings is 6. The fraction of sp³-hybridized carbons (Fsp3) is 0.113. The van der Waals surface area contributed by atoms with E-state index in [4.69, 9.17) is 15.0 Å². The normalized spacial score (nSPS) is 16.4. The molecule has 58 heavy (non-hydrogen) atoms. The smallest absolute Gasteiger partial charge is 0.238 e. The summed E-state index contributed by atoms with van der Waals surface area (Å²) in [5, 5.41) is 3.61.